The summed E-state index contributed by atoms with van der Waals surface area (Å²) in [5.41, 5.74) is 4.71. The second-order valence-electron chi connectivity index (χ2n) is 6.35. The van der Waals surface area contributed by atoms with E-state index in [-0.39, 0.29) is 0 Å². The summed E-state index contributed by atoms with van der Waals surface area (Å²) in [5, 5.41) is 6.57. The lowest BCUT2D eigenvalue weighted by Gasteiger charge is -2.22. The van der Waals surface area contributed by atoms with E-state index in [0.29, 0.717) is 5.92 Å². The Kier molecular flexibility index (Phi) is 6.87. The average molecular weight is 338 g/mol. The van der Waals surface area contributed by atoms with Gasteiger partial charge in [-0.25, -0.2) is 4.98 Å². The van der Waals surface area contributed by atoms with Crippen LogP contribution in [0.3, 0.4) is 0 Å². The van der Waals surface area contributed by atoms with E-state index in [0.717, 1.165) is 59.5 Å². The summed E-state index contributed by atoms with van der Waals surface area (Å²) in [6.45, 7) is 13.0. The predicted octanol–water partition coefficient (Wildman–Crippen LogP) is 4.96. The molecule has 0 fully saturated rings. The number of aromatic nitrogens is 2. The number of rotatable bonds is 10. The molecule has 25 heavy (non-hydrogen) atoms. The highest BCUT2D eigenvalue weighted by molar-refractivity contribution is 5.82. The Morgan fingerprint density at radius 2 is 1.88 bits per heavy atom. The first-order valence-electron chi connectivity index (χ1n) is 9.08. The van der Waals surface area contributed by atoms with E-state index in [2.05, 4.69) is 47.6 Å². The van der Waals surface area contributed by atoms with Crippen molar-refractivity contribution in [3.05, 3.63) is 60.8 Å². The number of nitrogens with one attached hydrogen (secondary N) is 3. The standard InChI is InChI=1S/C21H30N4/c1-6-10-17(11-7-2)16(4)23-20(14-22-5)15(3)21-24-18-12-8-9-13-19(18)25-21/h8-9,12-14,17,22-23H,3-4,6-7,10-11H2,1-2,5H3,(H,24,25)/b20-14+. The van der Waals surface area contributed by atoms with Gasteiger partial charge in [0.15, 0.2) is 0 Å². The lowest BCUT2D eigenvalue weighted by atomic mass is 9.95. The molecule has 3 N–H and O–H groups in total. The molecule has 0 amide bonds. The number of imidazole rings is 1. The van der Waals surface area contributed by atoms with Gasteiger partial charge in [-0.05, 0) is 30.9 Å². The smallest absolute Gasteiger partial charge is 0.140 e. The van der Waals surface area contributed by atoms with Gasteiger partial charge < -0.3 is 15.6 Å². The van der Waals surface area contributed by atoms with Gasteiger partial charge in [0, 0.05) is 24.5 Å². The van der Waals surface area contributed by atoms with Crippen molar-refractivity contribution in [1.82, 2.24) is 20.6 Å². The molecule has 1 aromatic carbocycles. The first-order chi connectivity index (χ1) is 12.1. The van der Waals surface area contributed by atoms with Crippen LogP contribution in [0.15, 0.2) is 55.0 Å². The molecule has 1 aromatic heterocycles. The quantitative estimate of drug-likeness (QED) is 0.537. The van der Waals surface area contributed by atoms with Crippen LogP contribution in [-0.2, 0) is 0 Å². The molecule has 0 atom stereocenters. The van der Waals surface area contributed by atoms with Crippen LogP contribution in [0.1, 0.15) is 45.4 Å². The molecule has 0 unspecified atom stereocenters. The highest BCUT2D eigenvalue weighted by Crippen LogP contribution is 2.24. The highest BCUT2D eigenvalue weighted by Gasteiger charge is 2.15. The number of nitrogens with zero attached hydrogens (tertiary/aromatic N) is 1. The Labute approximate surface area is 151 Å². The van der Waals surface area contributed by atoms with Crippen LogP contribution in [0.4, 0.5) is 0 Å². The molecule has 0 spiro atoms. The molecule has 0 aliphatic carbocycles. The van der Waals surface area contributed by atoms with E-state index in [4.69, 9.17) is 0 Å². The summed E-state index contributed by atoms with van der Waals surface area (Å²) in [5.74, 6) is 1.24. The number of para-hydroxylation sites is 2. The van der Waals surface area contributed by atoms with E-state index in [1.807, 2.05) is 37.5 Å². The Bertz CT molecular complexity index is 715. The van der Waals surface area contributed by atoms with Gasteiger partial charge in [0.2, 0.25) is 0 Å². The van der Waals surface area contributed by atoms with Crippen LogP contribution in [0.5, 0.6) is 0 Å². The van der Waals surface area contributed by atoms with Crippen molar-refractivity contribution in [2.24, 2.45) is 5.92 Å². The summed E-state index contributed by atoms with van der Waals surface area (Å²) < 4.78 is 0. The van der Waals surface area contributed by atoms with Gasteiger partial charge in [0.25, 0.3) is 0 Å². The van der Waals surface area contributed by atoms with Gasteiger partial charge in [0.05, 0.1) is 16.7 Å². The summed E-state index contributed by atoms with van der Waals surface area (Å²) in [6.07, 6.45) is 6.50. The number of hydrogen-bond donors (Lipinski definition) is 3. The van der Waals surface area contributed by atoms with E-state index >= 15 is 0 Å². The fourth-order valence-corrected chi connectivity index (χ4v) is 3.03. The molecule has 4 heteroatoms. The molecule has 2 rings (SSSR count). The average Bonchev–Trinajstić information content (AvgIpc) is 3.04. The largest absolute Gasteiger partial charge is 0.392 e. The van der Waals surface area contributed by atoms with Gasteiger partial charge in [-0.1, -0.05) is 52.0 Å². The minimum atomic E-state index is 0.471. The first-order valence-corrected chi connectivity index (χ1v) is 9.08. The van der Waals surface area contributed by atoms with Crippen molar-refractivity contribution in [3.8, 4) is 0 Å². The van der Waals surface area contributed by atoms with Gasteiger partial charge in [-0.2, -0.15) is 0 Å². The minimum absolute atomic E-state index is 0.471. The maximum atomic E-state index is 4.65. The summed E-state index contributed by atoms with van der Waals surface area (Å²) in [7, 11) is 1.88. The van der Waals surface area contributed by atoms with E-state index in [9.17, 15) is 0 Å². The monoisotopic (exact) mass is 338 g/mol. The molecule has 0 radical (unpaired) electrons. The third kappa shape index (κ3) is 4.75. The molecule has 134 valence electrons. The summed E-state index contributed by atoms with van der Waals surface area (Å²) in [6, 6.07) is 8.00. The maximum Gasteiger partial charge on any atom is 0.140 e. The Balaban J connectivity index is 2.20. The fourth-order valence-electron chi connectivity index (χ4n) is 3.03. The number of benzene rings is 1. The topological polar surface area (TPSA) is 52.7 Å². The molecule has 0 bridgehead atoms. The Morgan fingerprint density at radius 3 is 2.48 bits per heavy atom. The van der Waals surface area contributed by atoms with E-state index in [1.165, 1.54) is 0 Å². The van der Waals surface area contributed by atoms with Gasteiger partial charge in [-0.15, -0.1) is 0 Å². The zero-order chi connectivity index (χ0) is 18.2. The molecule has 1 heterocycles. The number of allylic oxidation sites excluding steroid dienone is 2. The second kappa shape index (κ2) is 9.11. The zero-order valence-electron chi connectivity index (χ0n) is 15.7. The van der Waals surface area contributed by atoms with Crippen LogP contribution in [0.2, 0.25) is 0 Å². The fraction of sp³-hybridized carbons (Fsp3) is 0.381. The van der Waals surface area contributed by atoms with E-state index < -0.39 is 0 Å². The molecule has 0 saturated carbocycles. The lowest BCUT2D eigenvalue weighted by Crippen LogP contribution is -2.21. The zero-order valence-corrected chi connectivity index (χ0v) is 15.7. The Morgan fingerprint density at radius 1 is 1.20 bits per heavy atom. The Hall–Kier alpha value is -2.49. The van der Waals surface area contributed by atoms with Crippen LogP contribution in [0, 0.1) is 5.92 Å². The summed E-state index contributed by atoms with van der Waals surface area (Å²) >= 11 is 0. The van der Waals surface area contributed by atoms with Crippen molar-refractivity contribution in [1.29, 1.82) is 0 Å². The van der Waals surface area contributed by atoms with E-state index in [1.54, 1.807) is 0 Å². The second-order valence-corrected chi connectivity index (χ2v) is 6.35. The van der Waals surface area contributed by atoms with Crippen molar-refractivity contribution < 1.29 is 0 Å². The molecule has 4 nitrogen and oxygen atoms in total. The first kappa shape index (κ1) is 18.8. The molecular weight excluding hydrogens is 308 g/mol. The van der Waals surface area contributed by atoms with Crippen LogP contribution in [-0.4, -0.2) is 17.0 Å². The van der Waals surface area contributed by atoms with Gasteiger partial charge in [-0.3, -0.25) is 0 Å². The number of aromatic amines is 1. The molecule has 0 aliphatic rings. The molecule has 0 saturated heterocycles. The van der Waals surface area contributed by atoms with Crippen molar-refractivity contribution >= 4 is 16.6 Å². The number of fused-ring (bicyclic) bond motifs is 1. The van der Waals surface area contributed by atoms with Crippen molar-refractivity contribution in [2.45, 2.75) is 39.5 Å². The maximum absolute atomic E-state index is 4.65. The van der Waals surface area contributed by atoms with Crippen molar-refractivity contribution in [2.75, 3.05) is 7.05 Å². The molecule has 0 aliphatic heterocycles. The molecular formula is C21H30N4. The minimum Gasteiger partial charge on any atom is -0.392 e. The van der Waals surface area contributed by atoms with Gasteiger partial charge in [0.1, 0.15) is 5.82 Å². The predicted molar refractivity (Wildman–Crippen MR) is 108 cm³/mol. The van der Waals surface area contributed by atoms with Crippen molar-refractivity contribution in [3.63, 3.8) is 0 Å². The highest BCUT2D eigenvalue weighted by atomic mass is 15.0. The van der Waals surface area contributed by atoms with Gasteiger partial charge >= 0.3 is 0 Å². The normalized spacial score (nSPS) is 11.8. The van der Waals surface area contributed by atoms with Crippen LogP contribution < -0.4 is 10.6 Å². The number of hydrogen-bond acceptors (Lipinski definition) is 3. The third-order valence-electron chi connectivity index (χ3n) is 4.35. The third-order valence-corrected chi connectivity index (χ3v) is 4.35. The molecule has 2 aromatic rings. The number of H-pyrrole nitrogens is 1. The summed E-state index contributed by atoms with van der Waals surface area (Å²) in [4.78, 5) is 7.99. The van der Waals surface area contributed by atoms with Crippen LogP contribution in [0.25, 0.3) is 16.6 Å². The lowest BCUT2D eigenvalue weighted by molar-refractivity contribution is 0.486. The van der Waals surface area contributed by atoms with Crippen LogP contribution >= 0.6 is 0 Å². The SMILES string of the molecule is C=C(/C(=C\NC)NC(=C)C(CCC)CCC)c1nc2ccccc2[nH]1.